The number of benzene rings is 1. The number of H-pyrrole nitrogens is 1. The Morgan fingerprint density at radius 3 is 2.69 bits per heavy atom. The maximum Gasteiger partial charge on any atom is 0.211 e. The number of hydrogen-bond donors (Lipinski definition) is 2. The largest absolute Gasteiger partial charge is 0.497 e. The first-order valence-corrected chi connectivity index (χ1v) is 10.1. The fraction of sp³-hybridized carbons (Fsp3) is 0.364. The molecule has 2 N–H and O–H groups in total. The van der Waals surface area contributed by atoms with Gasteiger partial charge >= 0.3 is 0 Å². The van der Waals surface area contributed by atoms with E-state index < -0.39 is 0 Å². The molecule has 0 saturated heterocycles. The van der Waals surface area contributed by atoms with Crippen molar-refractivity contribution < 1.29 is 9.84 Å². The van der Waals surface area contributed by atoms with E-state index in [-0.39, 0.29) is 12.1 Å². The number of nitrogens with zero attached hydrogens (tertiary/aromatic N) is 4. The summed E-state index contributed by atoms with van der Waals surface area (Å²) in [5.41, 5.74) is 4.60. The number of imidazole rings is 1. The van der Waals surface area contributed by atoms with Crippen molar-refractivity contribution in [2.75, 3.05) is 19.1 Å². The second kappa shape index (κ2) is 7.08. The first-order valence-electron chi connectivity index (χ1n) is 10.1. The second-order valence-corrected chi connectivity index (χ2v) is 7.71. The van der Waals surface area contributed by atoms with Gasteiger partial charge < -0.3 is 19.7 Å². The van der Waals surface area contributed by atoms with Crippen molar-refractivity contribution >= 4 is 22.6 Å². The van der Waals surface area contributed by atoms with Crippen LogP contribution in [0.5, 0.6) is 5.75 Å². The van der Waals surface area contributed by atoms with E-state index in [0.29, 0.717) is 0 Å². The molecule has 7 nitrogen and oxygen atoms in total. The third-order valence-corrected chi connectivity index (χ3v) is 6.03. The van der Waals surface area contributed by atoms with E-state index in [1.807, 2.05) is 49.8 Å². The van der Waals surface area contributed by atoms with Gasteiger partial charge in [-0.25, -0.2) is 9.97 Å². The van der Waals surface area contributed by atoms with Crippen molar-refractivity contribution in [2.24, 2.45) is 0 Å². The lowest BCUT2D eigenvalue weighted by molar-refractivity contribution is 0.105. The van der Waals surface area contributed by atoms with Gasteiger partial charge in [0, 0.05) is 18.8 Å². The molecular weight excluding hydrogens is 366 g/mol. The third kappa shape index (κ3) is 2.93. The summed E-state index contributed by atoms with van der Waals surface area (Å²) in [5, 5.41) is 10.6. The lowest BCUT2D eigenvalue weighted by atomic mass is 9.92. The molecule has 0 spiro atoms. The van der Waals surface area contributed by atoms with Gasteiger partial charge in [-0.05, 0) is 43.2 Å². The Hall–Kier alpha value is -3.06. The summed E-state index contributed by atoms with van der Waals surface area (Å²) in [7, 11) is 3.70. The summed E-state index contributed by atoms with van der Waals surface area (Å²) < 4.78 is 7.43. The number of likely N-dealkylation sites (N-methyl/N-ethyl adjacent to an activating group) is 1. The third-order valence-electron chi connectivity index (χ3n) is 6.03. The number of fused-ring (bicyclic) bond motifs is 3. The molecule has 3 heterocycles. The predicted octanol–water partition coefficient (Wildman–Crippen LogP) is 3.63. The lowest BCUT2D eigenvalue weighted by Crippen LogP contribution is -2.44. The minimum Gasteiger partial charge on any atom is -0.497 e. The average molecular weight is 391 g/mol. The first-order chi connectivity index (χ1) is 14.2. The zero-order valence-corrected chi connectivity index (χ0v) is 16.7. The predicted molar refractivity (Wildman–Crippen MR) is 113 cm³/mol. The van der Waals surface area contributed by atoms with E-state index in [9.17, 15) is 5.11 Å². The van der Waals surface area contributed by atoms with Crippen molar-refractivity contribution in [1.82, 2.24) is 19.4 Å². The topological polar surface area (TPSA) is 78.7 Å². The molecule has 0 radical (unpaired) electrons. The Labute approximate surface area is 169 Å². The molecule has 1 aliphatic carbocycles. The number of aromatic nitrogens is 4. The Morgan fingerprint density at radius 1 is 1.14 bits per heavy atom. The number of methoxy groups -OCH3 is 1. The fourth-order valence-electron chi connectivity index (χ4n) is 4.43. The van der Waals surface area contributed by atoms with Crippen LogP contribution in [0.3, 0.4) is 0 Å². The van der Waals surface area contributed by atoms with Crippen LogP contribution in [0.2, 0.25) is 0 Å². The van der Waals surface area contributed by atoms with Crippen LogP contribution in [0.1, 0.15) is 25.7 Å². The Kier molecular flexibility index (Phi) is 4.39. The van der Waals surface area contributed by atoms with E-state index in [1.54, 1.807) is 7.11 Å². The standard InChI is InChI=1S/C22H25N5O2/c1-26(16-5-3-4-6-19(16)28)22-25-20(14-7-9-15(29-2)10-8-14)18-13-24-21-17(27(18)22)11-12-23-21/h7-13,16,19,23,28H,3-6H2,1-2H3. The van der Waals surface area contributed by atoms with Gasteiger partial charge in [0.25, 0.3) is 0 Å². The fourth-order valence-corrected chi connectivity index (χ4v) is 4.43. The van der Waals surface area contributed by atoms with E-state index >= 15 is 0 Å². The van der Waals surface area contributed by atoms with Crippen LogP contribution < -0.4 is 9.64 Å². The molecule has 1 aromatic carbocycles. The summed E-state index contributed by atoms with van der Waals surface area (Å²) in [6.07, 6.45) is 7.42. The summed E-state index contributed by atoms with van der Waals surface area (Å²) in [6, 6.07) is 9.99. The molecule has 150 valence electrons. The number of hydrogen-bond acceptors (Lipinski definition) is 5. The van der Waals surface area contributed by atoms with Crippen molar-refractivity contribution in [3.05, 3.63) is 42.7 Å². The molecule has 2 unspecified atom stereocenters. The van der Waals surface area contributed by atoms with Gasteiger partial charge in [0.2, 0.25) is 5.95 Å². The van der Waals surface area contributed by atoms with Crippen LogP contribution in [-0.2, 0) is 0 Å². The van der Waals surface area contributed by atoms with Crippen molar-refractivity contribution in [2.45, 2.75) is 37.8 Å². The molecule has 4 aromatic rings. The van der Waals surface area contributed by atoms with E-state index in [2.05, 4.69) is 19.3 Å². The van der Waals surface area contributed by atoms with Gasteiger partial charge in [-0.3, -0.25) is 4.40 Å². The van der Waals surface area contributed by atoms with Crippen LogP contribution in [0.25, 0.3) is 27.9 Å². The SMILES string of the molecule is COc1ccc(-c2nc(N(C)C3CCCCC3O)n3c2cnc2[nH]ccc23)cc1. The van der Waals surface area contributed by atoms with Crippen molar-refractivity contribution in [1.29, 1.82) is 0 Å². The molecule has 7 heteroatoms. The van der Waals surface area contributed by atoms with Gasteiger partial charge in [-0.2, -0.15) is 0 Å². The van der Waals surface area contributed by atoms with Gasteiger partial charge in [-0.1, -0.05) is 12.8 Å². The van der Waals surface area contributed by atoms with E-state index in [0.717, 1.165) is 65.3 Å². The molecule has 5 rings (SSSR count). The molecule has 1 fully saturated rings. The highest BCUT2D eigenvalue weighted by Gasteiger charge is 2.30. The summed E-state index contributed by atoms with van der Waals surface area (Å²) in [5.74, 6) is 1.63. The summed E-state index contributed by atoms with van der Waals surface area (Å²) >= 11 is 0. The second-order valence-electron chi connectivity index (χ2n) is 7.71. The lowest BCUT2D eigenvalue weighted by Gasteiger charge is -2.35. The van der Waals surface area contributed by atoms with Crippen LogP contribution in [0.4, 0.5) is 5.95 Å². The highest BCUT2D eigenvalue weighted by molar-refractivity contribution is 5.86. The number of rotatable bonds is 4. The maximum absolute atomic E-state index is 10.6. The number of aliphatic hydroxyl groups excluding tert-OH is 1. The average Bonchev–Trinajstić information content (AvgIpc) is 3.38. The quantitative estimate of drug-likeness (QED) is 0.555. The minimum atomic E-state index is -0.339. The van der Waals surface area contributed by atoms with Crippen LogP contribution in [-0.4, -0.2) is 50.8 Å². The Balaban J connectivity index is 1.70. The molecule has 29 heavy (non-hydrogen) atoms. The van der Waals surface area contributed by atoms with Crippen molar-refractivity contribution in [3.63, 3.8) is 0 Å². The molecule has 1 aliphatic rings. The molecule has 2 atom stereocenters. The molecule has 0 bridgehead atoms. The van der Waals surface area contributed by atoms with E-state index in [4.69, 9.17) is 9.72 Å². The van der Waals surface area contributed by atoms with Crippen LogP contribution in [0.15, 0.2) is 42.7 Å². The zero-order valence-electron chi connectivity index (χ0n) is 16.7. The number of nitrogens with one attached hydrogen (secondary N) is 1. The maximum atomic E-state index is 10.6. The minimum absolute atomic E-state index is 0.0558. The van der Waals surface area contributed by atoms with Gasteiger partial charge in [0.1, 0.15) is 5.75 Å². The first kappa shape index (κ1) is 18.0. The van der Waals surface area contributed by atoms with E-state index in [1.165, 1.54) is 0 Å². The summed E-state index contributed by atoms with van der Waals surface area (Å²) in [4.78, 5) is 14.9. The van der Waals surface area contributed by atoms with Gasteiger partial charge in [0.15, 0.2) is 5.65 Å². The van der Waals surface area contributed by atoms with Gasteiger partial charge in [-0.15, -0.1) is 0 Å². The Bertz CT molecular complexity index is 1150. The molecule has 3 aromatic heterocycles. The molecule has 1 saturated carbocycles. The number of anilines is 1. The summed E-state index contributed by atoms with van der Waals surface area (Å²) in [6.45, 7) is 0. The molecule has 0 amide bonds. The van der Waals surface area contributed by atoms with Crippen LogP contribution >= 0.6 is 0 Å². The van der Waals surface area contributed by atoms with Crippen LogP contribution in [0, 0.1) is 0 Å². The zero-order chi connectivity index (χ0) is 20.0. The highest BCUT2D eigenvalue weighted by Crippen LogP contribution is 2.34. The van der Waals surface area contributed by atoms with Crippen molar-refractivity contribution in [3.8, 4) is 17.0 Å². The number of aromatic amines is 1. The highest BCUT2D eigenvalue weighted by atomic mass is 16.5. The monoisotopic (exact) mass is 391 g/mol. The normalized spacial score (nSPS) is 19.7. The molecule has 0 aliphatic heterocycles. The Morgan fingerprint density at radius 2 is 1.93 bits per heavy atom. The smallest absolute Gasteiger partial charge is 0.211 e. The number of ether oxygens (including phenoxy) is 1. The van der Waals surface area contributed by atoms with Gasteiger partial charge in [0.05, 0.1) is 42.2 Å². The number of aliphatic hydroxyl groups is 1. The molecular formula is C22H25N5O2.